The first-order valence-electron chi connectivity index (χ1n) is 14.4. The fraction of sp³-hybridized carbons (Fsp3) is 0. The van der Waals surface area contributed by atoms with Crippen molar-refractivity contribution in [2.75, 3.05) is 0 Å². The number of benzene rings is 6. The number of rotatable bonds is 2. The van der Waals surface area contributed by atoms with Gasteiger partial charge in [-0.3, -0.25) is 0 Å². The molecule has 0 fully saturated rings. The van der Waals surface area contributed by atoms with E-state index in [1.807, 2.05) is 48.5 Å². The standard InChI is InChI=1S/C39H19N5S/c1-42-33-10-5-9-28-32-19-37-31(20-38(32)45-39(28)33)27-8-2-3-11-34(27)44(37)26-7-4-6-25(18-26)43-35-14-12-23(21-40)16-29(35)30-17-24(22-41)13-15-36(30)43/h2-20H. The van der Waals surface area contributed by atoms with Crippen molar-refractivity contribution in [2.24, 2.45) is 0 Å². The van der Waals surface area contributed by atoms with E-state index in [0.29, 0.717) is 16.8 Å². The molecule has 0 N–H and O–H groups in total. The third-order valence-electron chi connectivity index (χ3n) is 8.76. The minimum atomic E-state index is 0.582. The van der Waals surface area contributed by atoms with Crippen molar-refractivity contribution in [3.05, 3.63) is 138 Å². The van der Waals surface area contributed by atoms with Crippen LogP contribution in [0, 0.1) is 29.2 Å². The van der Waals surface area contributed by atoms with Crippen LogP contribution < -0.4 is 0 Å². The van der Waals surface area contributed by atoms with Gasteiger partial charge in [0.25, 0.3) is 0 Å². The van der Waals surface area contributed by atoms with E-state index >= 15 is 0 Å². The number of fused-ring (bicyclic) bond motifs is 9. The number of nitriles is 2. The third kappa shape index (κ3) is 3.51. The molecule has 3 aromatic heterocycles. The summed E-state index contributed by atoms with van der Waals surface area (Å²) in [4.78, 5) is 3.78. The van der Waals surface area contributed by atoms with Crippen LogP contribution in [0.2, 0.25) is 0 Å². The summed E-state index contributed by atoms with van der Waals surface area (Å²) in [7, 11) is 0. The van der Waals surface area contributed by atoms with Gasteiger partial charge in [0.2, 0.25) is 5.69 Å². The molecule has 0 aliphatic rings. The molecule has 0 unspecified atom stereocenters. The van der Waals surface area contributed by atoms with Gasteiger partial charge in [-0.2, -0.15) is 10.5 Å². The first-order chi connectivity index (χ1) is 22.2. The molecule has 0 atom stereocenters. The molecule has 0 amide bonds. The van der Waals surface area contributed by atoms with Gasteiger partial charge in [-0.25, -0.2) is 4.85 Å². The van der Waals surface area contributed by atoms with Gasteiger partial charge in [-0.05, 0) is 78.2 Å². The van der Waals surface area contributed by atoms with Crippen LogP contribution in [0.1, 0.15) is 11.1 Å². The van der Waals surface area contributed by atoms with Crippen molar-refractivity contribution in [1.82, 2.24) is 9.13 Å². The molecule has 206 valence electrons. The Morgan fingerprint density at radius 2 is 1.13 bits per heavy atom. The summed E-state index contributed by atoms with van der Waals surface area (Å²) >= 11 is 1.68. The Labute approximate surface area is 261 Å². The van der Waals surface area contributed by atoms with E-state index in [4.69, 9.17) is 6.57 Å². The maximum absolute atomic E-state index is 9.62. The highest BCUT2D eigenvalue weighted by Crippen LogP contribution is 2.43. The Balaban J connectivity index is 1.34. The lowest BCUT2D eigenvalue weighted by Crippen LogP contribution is -1.98. The van der Waals surface area contributed by atoms with Gasteiger partial charge in [0.1, 0.15) is 0 Å². The first-order valence-corrected chi connectivity index (χ1v) is 15.2. The second-order valence-corrected chi connectivity index (χ2v) is 12.2. The fourth-order valence-corrected chi connectivity index (χ4v) is 8.00. The van der Waals surface area contributed by atoms with Gasteiger partial charge >= 0.3 is 0 Å². The largest absolute Gasteiger partial charge is 0.309 e. The maximum atomic E-state index is 9.62. The van der Waals surface area contributed by atoms with Crippen molar-refractivity contribution < 1.29 is 0 Å². The Morgan fingerprint density at radius 1 is 0.533 bits per heavy atom. The molecule has 6 heteroatoms. The number of para-hydroxylation sites is 1. The van der Waals surface area contributed by atoms with Crippen LogP contribution in [-0.2, 0) is 0 Å². The fourth-order valence-electron chi connectivity index (χ4n) is 6.82. The molecule has 0 spiro atoms. The van der Waals surface area contributed by atoms with Crippen molar-refractivity contribution in [3.8, 4) is 23.5 Å². The van der Waals surface area contributed by atoms with Crippen LogP contribution in [0.5, 0.6) is 0 Å². The van der Waals surface area contributed by atoms with E-state index < -0.39 is 0 Å². The number of thiophene rings is 1. The molecule has 5 nitrogen and oxygen atoms in total. The highest BCUT2D eigenvalue weighted by molar-refractivity contribution is 7.26. The van der Waals surface area contributed by atoms with Gasteiger partial charge < -0.3 is 9.13 Å². The average molecular weight is 590 g/mol. The quantitative estimate of drug-likeness (QED) is 0.188. The average Bonchev–Trinajstić information content (AvgIpc) is 3.73. The normalized spacial score (nSPS) is 11.5. The molecule has 3 heterocycles. The van der Waals surface area contributed by atoms with Gasteiger partial charge in [0.15, 0.2) is 0 Å². The second-order valence-electron chi connectivity index (χ2n) is 11.1. The monoisotopic (exact) mass is 589 g/mol. The molecule has 0 aliphatic heterocycles. The highest BCUT2D eigenvalue weighted by atomic mass is 32.1. The Morgan fingerprint density at radius 3 is 1.82 bits per heavy atom. The Hall–Kier alpha value is -6.39. The van der Waals surface area contributed by atoms with Crippen LogP contribution in [0.15, 0.2) is 115 Å². The van der Waals surface area contributed by atoms with E-state index in [-0.39, 0.29) is 0 Å². The van der Waals surface area contributed by atoms with Crippen molar-refractivity contribution >= 4 is 80.8 Å². The molecule has 9 aromatic rings. The van der Waals surface area contributed by atoms with E-state index in [1.54, 1.807) is 11.3 Å². The SMILES string of the molecule is [C-]#[N+]c1cccc2c1sc1cc3c4ccccc4n(-c4cccc(-n5c6ccc(C#N)cc6c6cc(C#N)ccc65)c4)c3cc12. The maximum Gasteiger partial charge on any atom is 0.204 e. The summed E-state index contributed by atoms with van der Waals surface area (Å²) in [6.45, 7) is 7.69. The summed E-state index contributed by atoms with van der Waals surface area (Å²) in [5, 5.41) is 25.7. The van der Waals surface area contributed by atoms with Gasteiger partial charge in [-0.1, -0.05) is 42.5 Å². The number of hydrogen-bond donors (Lipinski definition) is 0. The van der Waals surface area contributed by atoms with Gasteiger partial charge in [0.05, 0.1) is 51.9 Å². The van der Waals surface area contributed by atoms with E-state index in [1.165, 1.54) is 15.5 Å². The van der Waals surface area contributed by atoms with Crippen LogP contribution in [-0.4, -0.2) is 9.13 Å². The minimum absolute atomic E-state index is 0.582. The van der Waals surface area contributed by atoms with Crippen molar-refractivity contribution in [2.45, 2.75) is 0 Å². The zero-order valence-electron chi connectivity index (χ0n) is 23.6. The molecule has 0 saturated carbocycles. The number of aromatic nitrogens is 2. The predicted octanol–water partition coefficient (Wildman–Crippen LogP) is 10.5. The Bertz CT molecular complexity index is 2790. The number of hydrogen-bond acceptors (Lipinski definition) is 3. The van der Waals surface area contributed by atoms with E-state index in [0.717, 1.165) is 59.7 Å². The lowest BCUT2D eigenvalue weighted by atomic mass is 10.1. The topological polar surface area (TPSA) is 61.8 Å². The van der Waals surface area contributed by atoms with Crippen molar-refractivity contribution in [3.63, 3.8) is 0 Å². The minimum Gasteiger partial charge on any atom is -0.309 e. The van der Waals surface area contributed by atoms with Gasteiger partial charge in [-0.15, -0.1) is 11.3 Å². The molecule has 6 aromatic carbocycles. The summed E-state index contributed by atoms with van der Waals surface area (Å²) in [5.41, 5.74) is 8.03. The second kappa shape index (κ2) is 9.30. The molecular weight excluding hydrogens is 571 g/mol. The molecule has 9 rings (SSSR count). The first kappa shape index (κ1) is 25.1. The molecule has 45 heavy (non-hydrogen) atoms. The molecule has 0 radical (unpaired) electrons. The van der Waals surface area contributed by atoms with Crippen LogP contribution in [0.25, 0.3) is 80.0 Å². The highest BCUT2D eigenvalue weighted by Gasteiger charge is 2.18. The lowest BCUT2D eigenvalue weighted by molar-refractivity contribution is 1.13. The molecule has 0 aliphatic carbocycles. The smallest absolute Gasteiger partial charge is 0.204 e. The van der Waals surface area contributed by atoms with E-state index in [9.17, 15) is 10.5 Å². The molecular formula is C39H19N5S. The summed E-state index contributed by atoms with van der Waals surface area (Å²) in [6, 6.07) is 43.5. The zero-order valence-corrected chi connectivity index (χ0v) is 24.4. The predicted molar refractivity (Wildman–Crippen MR) is 184 cm³/mol. The molecule has 0 saturated heterocycles. The van der Waals surface area contributed by atoms with Crippen LogP contribution >= 0.6 is 11.3 Å². The molecule has 0 bridgehead atoms. The summed E-state index contributed by atoms with van der Waals surface area (Å²) in [6.07, 6.45) is 0. The van der Waals surface area contributed by atoms with Crippen LogP contribution in [0.3, 0.4) is 0 Å². The van der Waals surface area contributed by atoms with Gasteiger partial charge in [0, 0.05) is 47.7 Å². The summed E-state index contributed by atoms with van der Waals surface area (Å²) in [5.74, 6) is 0. The number of nitrogens with zero attached hydrogens (tertiary/aromatic N) is 5. The van der Waals surface area contributed by atoms with Crippen LogP contribution in [0.4, 0.5) is 5.69 Å². The summed E-state index contributed by atoms with van der Waals surface area (Å²) < 4.78 is 6.73. The van der Waals surface area contributed by atoms with Crippen molar-refractivity contribution in [1.29, 1.82) is 10.5 Å². The third-order valence-corrected chi connectivity index (χ3v) is 9.95. The zero-order chi connectivity index (χ0) is 30.2. The Kier molecular flexibility index (Phi) is 5.20. The lowest BCUT2D eigenvalue weighted by Gasteiger charge is -2.13. The van der Waals surface area contributed by atoms with E-state index in [2.05, 4.69) is 92.8 Å².